The third kappa shape index (κ3) is 5.17. The first-order valence-corrected chi connectivity index (χ1v) is 9.87. The molecule has 0 radical (unpaired) electrons. The maximum absolute atomic E-state index is 13.7. The molecule has 5 N–H and O–H groups in total. The first-order chi connectivity index (χ1) is 13.9. The van der Waals surface area contributed by atoms with Crippen LogP contribution in [0.5, 0.6) is 0 Å². The van der Waals surface area contributed by atoms with Crippen LogP contribution in [-0.4, -0.2) is 21.4 Å². The van der Waals surface area contributed by atoms with Crippen molar-refractivity contribution in [3.63, 3.8) is 0 Å². The van der Waals surface area contributed by atoms with Crippen LogP contribution in [0.2, 0.25) is 0 Å². The zero-order chi connectivity index (χ0) is 21.0. The number of halogens is 1. The molecule has 29 heavy (non-hydrogen) atoms. The van der Waals surface area contributed by atoms with E-state index in [0.717, 1.165) is 31.2 Å². The first kappa shape index (κ1) is 20.9. The second-order valence-corrected chi connectivity index (χ2v) is 7.75. The number of rotatable bonds is 7. The Kier molecular flexibility index (Phi) is 6.58. The molecule has 0 bridgehead atoms. The average molecular weight is 402 g/mol. The Morgan fingerprint density at radius 1 is 1.24 bits per heavy atom. The summed E-state index contributed by atoms with van der Waals surface area (Å²) in [6.07, 6.45) is 4.47. The SMILES string of the molecule is Cc1ccc(CNc2nc(N)c([N+](=O)[O-])c(CC3CCC(CN)CC3)n2)cc1F. The lowest BCUT2D eigenvalue weighted by atomic mass is 9.80. The molecule has 2 aromatic rings. The van der Waals surface area contributed by atoms with Crippen LogP contribution in [0.3, 0.4) is 0 Å². The highest BCUT2D eigenvalue weighted by molar-refractivity contribution is 5.58. The summed E-state index contributed by atoms with van der Waals surface area (Å²) in [4.78, 5) is 19.4. The van der Waals surface area contributed by atoms with E-state index in [1.165, 1.54) is 6.07 Å². The van der Waals surface area contributed by atoms with Gasteiger partial charge in [-0.25, -0.2) is 9.37 Å². The lowest BCUT2D eigenvalue weighted by Crippen LogP contribution is -2.23. The smallest absolute Gasteiger partial charge is 0.332 e. The van der Waals surface area contributed by atoms with Gasteiger partial charge in [-0.1, -0.05) is 12.1 Å². The van der Waals surface area contributed by atoms with Gasteiger partial charge >= 0.3 is 5.69 Å². The van der Waals surface area contributed by atoms with E-state index >= 15 is 0 Å². The molecule has 1 saturated carbocycles. The number of nitrogen functional groups attached to an aromatic ring is 1. The molecule has 8 nitrogen and oxygen atoms in total. The maximum Gasteiger partial charge on any atom is 0.332 e. The van der Waals surface area contributed by atoms with Crippen LogP contribution in [0.15, 0.2) is 18.2 Å². The summed E-state index contributed by atoms with van der Waals surface area (Å²) in [7, 11) is 0. The predicted octanol–water partition coefficient (Wildman–Crippen LogP) is 3.33. The standard InChI is InChI=1S/C20H27FN6O2/c1-12-2-3-15(8-16(12)21)11-24-20-25-17(18(27(28)29)19(23)26-20)9-13-4-6-14(10-22)7-5-13/h2-3,8,13-14H,4-7,9-11,22H2,1H3,(H3,23,24,25,26). The minimum atomic E-state index is -0.519. The average Bonchev–Trinajstić information content (AvgIpc) is 2.69. The first-order valence-electron chi connectivity index (χ1n) is 9.87. The highest BCUT2D eigenvalue weighted by atomic mass is 19.1. The lowest BCUT2D eigenvalue weighted by molar-refractivity contribution is -0.385. The zero-order valence-corrected chi connectivity index (χ0v) is 16.5. The second kappa shape index (κ2) is 9.13. The molecule has 1 aromatic heterocycles. The van der Waals surface area contributed by atoms with Gasteiger partial charge in [0.2, 0.25) is 11.8 Å². The monoisotopic (exact) mass is 402 g/mol. The molecular weight excluding hydrogens is 375 g/mol. The van der Waals surface area contributed by atoms with E-state index in [9.17, 15) is 14.5 Å². The van der Waals surface area contributed by atoms with Crippen molar-refractivity contribution in [2.45, 2.75) is 45.6 Å². The van der Waals surface area contributed by atoms with Gasteiger partial charge in [0, 0.05) is 6.54 Å². The number of aromatic nitrogens is 2. The van der Waals surface area contributed by atoms with E-state index in [0.29, 0.717) is 36.1 Å². The van der Waals surface area contributed by atoms with Crippen LogP contribution in [0.4, 0.5) is 21.8 Å². The Hall–Kier alpha value is -2.81. The van der Waals surface area contributed by atoms with Crippen LogP contribution in [-0.2, 0) is 13.0 Å². The van der Waals surface area contributed by atoms with Gasteiger partial charge in [-0.15, -0.1) is 0 Å². The maximum atomic E-state index is 13.7. The van der Waals surface area contributed by atoms with Crippen molar-refractivity contribution < 1.29 is 9.31 Å². The lowest BCUT2D eigenvalue weighted by Gasteiger charge is -2.27. The van der Waals surface area contributed by atoms with Gasteiger partial charge in [0.25, 0.3) is 0 Å². The fourth-order valence-corrected chi connectivity index (χ4v) is 3.81. The van der Waals surface area contributed by atoms with Gasteiger partial charge in [0.15, 0.2) is 0 Å². The van der Waals surface area contributed by atoms with Gasteiger partial charge in [0.1, 0.15) is 11.5 Å². The summed E-state index contributed by atoms with van der Waals surface area (Å²) in [5, 5.41) is 14.5. The van der Waals surface area contributed by atoms with Crippen LogP contribution in [0, 0.1) is 34.7 Å². The molecule has 0 atom stereocenters. The quantitative estimate of drug-likeness (QED) is 0.478. The largest absolute Gasteiger partial charge is 0.378 e. The van der Waals surface area contributed by atoms with Crippen molar-refractivity contribution in [2.24, 2.45) is 17.6 Å². The predicted molar refractivity (Wildman–Crippen MR) is 110 cm³/mol. The number of hydrogen-bond acceptors (Lipinski definition) is 7. The summed E-state index contributed by atoms with van der Waals surface area (Å²) in [6, 6.07) is 4.94. The number of benzene rings is 1. The molecule has 0 saturated heterocycles. The molecule has 1 heterocycles. The van der Waals surface area contributed by atoms with Crippen LogP contribution < -0.4 is 16.8 Å². The Bertz CT molecular complexity index is 884. The topological polar surface area (TPSA) is 133 Å². The molecule has 1 aliphatic carbocycles. The van der Waals surface area contributed by atoms with Crippen LogP contribution >= 0.6 is 0 Å². The highest BCUT2D eigenvalue weighted by Crippen LogP contribution is 2.34. The second-order valence-electron chi connectivity index (χ2n) is 7.75. The molecular formula is C20H27FN6O2. The third-order valence-corrected chi connectivity index (χ3v) is 5.63. The van der Waals surface area contributed by atoms with Gasteiger partial charge < -0.3 is 16.8 Å². The Labute approximate surface area is 169 Å². The van der Waals surface area contributed by atoms with Gasteiger partial charge in [0.05, 0.1) is 4.92 Å². The minimum Gasteiger partial charge on any atom is -0.378 e. The van der Waals surface area contributed by atoms with E-state index in [1.807, 2.05) is 0 Å². The molecule has 3 rings (SSSR count). The van der Waals surface area contributed by atoms with Crippen molar-refractivity contribution in [3.8, 4) is 0 Å². The molecule has 0 unspecified atom stereocenters. The molecule has 1 aliphatic rings. The zero-order valence-electron chi connectivity index (χ0n) is 16.5. The number of aryl methyl sites for hydroxylation is 1. The molecule has 156 valence electrons. The molecule has 9 heteroatoms. The molecule has 0 amide bonds. The Morgan fingerprint density at radius 3 is 2.55 bits per heavy atom. The molecule has 0 spiro atoms. The summed E-state index contributed by atoms with van der Waals surface area (Å²) in [5.41, 5.74) is 13.0. The molecule has 1 aromatic carbocycles. The number of anilines is 2. The van der Waals surface area contributed by atoms with Crippen molar-refractivity contribution >= 4 is 17.5 Å². The van der Waals surface area contributed by atoms with Gasteiger partial charge in [-0.2, -0.15) is 4.98 Å². The van der Waals surface area contributed by atoms with E-state index in [4.69, 9.17) is 11.5 Å². The minimum absolute atomic E-state index is 0.159. The van der Waals surface area contributed by atoms with E-state index in [2.05, 4.69) is 15.3 Å². The number of nitrogens with one attached hydrogen (secondary N) is 1. The van der Waals surface area contributed by atoms with Crippen LogP contribution in [0.25, 0.3) is 0 Å². The van der Waals surface area contributed by atoms with Crippen LogP contribution in [0.1, 0.15) is 42.5 Å². The summed E-state index contributed by atoms with van der Waals surface area (Å²) >= 11 is 0. The highest BCUT2D eigenvalue weighted by Gasteiger charge is 2.27. The third-order valence-electron chi connectivity index (χ3n) is 5.63. The van der Waals surface area contributed by atoms with E-state index < -0.39 is 4.92 Å². The normalized spacial score (nSPS) is 19.1. The van der Waals surface area contributed by atoms with Gasteiger partial charge in [-0.05, 0) is 74.6 Å². The Morgan fingerprint density at radius 2 is 1.93 bits per heavy atom. The van der Waals surface area contributed by atoms with Crippen molar-refractivity contribution in [2.75, 3.05) is 17.6 Å². The van der Waals surface area contributed by atoms with E-state index in [1.54, 1.807) is 19.1 Å². The number of nitrogens with zero attached hydrogens (tertiary/aromatic N) is 3. The fraction of sp³-hybridized carbons (Fsp3) is 0.500. The number of nitrogens with two attached hydrogens (primary N) is 2. The van der Waals surface area contributed by atoms with E-state index in [-0.39, 0.29) is 29.8 Å². The van der Waals surface area contributed by atoms with Crippen molar-refractivity contribution in [1.82, 2.24) is 9.97 Å². The summed E-state index contributed by atoms with van der Waals surface area (Å²) < 4.78 is 13.7. The Balaban J connectivity index is 1.76. The summed E-state index contributed by atoms with van der Waals surface area (Å²) in [6.45, 7) is 2.66. The number of nitro groups is 1. The van der Waals surface area contributed by atoms with Crippen molar-refractivity contribution in [3.05, 3.63) is 51.0 Å². The van der Waals surface area contributed by atoms with Gasteiger partial charge in [-0.3, -0.25) is 10.1 Å². The molecule has 0 aliphatic heterocycles. The fourth-order valence-electron chi connectivity index (χ4n) is 3.81. The van der Waals surface area contributed by atoms with Crippen molar-refractivity contribution in [1.29, 1.82) is 0 Å². The number of hydrogen-bond donors (Lipinski definition) is 3. The molecule has 1 fully saturated rings. The summed E-state index contributed by atoms with van der Waals surface area (Å²) in [5.74, 6) is 0.601.